The number of Topliss-reactive ketones (excluding diaryl/α,β-unsaturated/α-hetero) is 2. The maximum atomic E-state index is 12.2. The largest absolute Gasteiger partial charge is 0.300 e. The van der Waals surface area contributed by atoms with Crippen LogP contribution in [0.4, 0.5) is 0 Å². The van der Waals surface area contributed by atoms with Crippen LogP contribution in [0.2, 0.25) is 0 Å². The zero-order chi connectivity index (χ0) is 17.2. The normalized spacial score (nSPS) is 25.5. The van der Waals surface area contributed by atoms with Gasteiger partial charge in [0.25, 0.3) is 0 Å². The lowest BCUT2D eigenvalue weighted by Gasteiger charge is -2.31. The molecule has 2 rings (SSSR count). The third kappa shape index (κ3) is 6.69. The Bertz CT molecular complexity index is 379. The molecule has 0 aromatic heterocycles. The van der Waals surface area contributed by atoms with Crippen molar-refractivity contribution < 1.29 is 9.59 Å². The van der Waals surface area contributed by atoms with Gasteiger partial charge in [0.05, 0.1) is 0 Å². The minimum Gasteiger partial charge on any atom is -0.300 e. The predicted octanol–water partition coefficient (Wildman–Crippen LogP) is 6.26. The second-order valence-electron chi connectivity index (χ2n) is 8.33. The first-order valence-electron chi connectivity index (χ1n) is 10.7. The zero-order valence-corrected chi connectivity index (χ0v) is 15.9. The topological polar surface area (TPSA) is 34.1 Å². The summed E-state index contributed by atoms with van der Waals surface area (Å²) in [7, 11) is 0. The van der Waals surface area contributed by atoms with Crippen LogP contribution in [0, 0.1) is 17.8 Å². The summed E-state index contributed by atoms with van der Waals surface area (Å²) in [6.45, 7) is 2.28. The van der Waals surface area contributed by atoms with E-state index in [1.54, 1.807) is 0 Å². The molecule has 0 amide bonds. The van der Waals surface area contributed by atoms with Gasteiger partial charge in [0, 0.05) is 25.2 Å². The highest BCUT2D eigenvalue weighted by Crippen LogP contribution is 2.36. The van der Waals surface area contributed by atoms with Crippen LogP contribution < -0.4 is 0 Å². The van der Waals surface area contributed by atoms with Crippen LogP contribution in [0.1, 0.15) is 110 Å². The predicted molar refractivity (Wildman–Crippen MR) is 100 cm³/mol. The molecule has 2 atom stereocenters. The molecule has 0 heterocycles. The molecule has 0 bridgehead atoms. The third-order valence-corrected chi connectivity index (χ3v) is 6.46. The summed E-state index contributed by atoms with van der Waals surface area (Å²) in [4.78, 5) is 24.4. The smallest absolute Gasteiger partial charge is 0.135 e. The lowest BCUT2D eigenvalue weighted by molar-refractivity contribution is -0.124. The van der Waals surface area contributed by atoms with E-state index in [1.165, 1.54) is 57.8 Å². The van der Waals surface area contributed by atoms with Crippen LogP contribution in [0.15, 0.2) is 0 Å². The minimum atomic E-state index is 0.311. The second kappa shape index (κ2) is 11.1. The van der Waals surface area contributed by atoms with Crippen molar-refractivity contribution in [1.82, 2.24) is 0 Å². The first kappa shape index (κ1) is 19.7. The molecule has 2 aliphatic carbocycles. The summed E-state index contributed by atoms with van der Waals surface area (Å²) in [5.41, 5.74) is 0. The highest BCUT2D eigenvalue weighted by Gasteiger charge is 2.25. The molecule has 24 heavy (non-hydrogen) atoms. The Kier molecular flexibility index (Phi) is 9.05. The van der Waals surface area contributed by atoms with Crippen molar-refractivity contribution in [2.45, 2.75) is 110 Å². The average Bonchev–Trinajstić information content (AvgIpc) is 2.62. The summed E-state index contributed by atoms with van der Waals surface area (Å²) in [6.07, 6.45) is 17.9. The van der Waals surface area contributed by atoms with E-state index in [0.29, 0.717) is 30.3 Å². The van der Waals surface area contributed by atoms with Gasteiger partial charge in [0.15, 0.2) is 0 Å². The monoisotopic (exact) mass is 334 g/mol. The molecule has 0 spiro atoms. The first-order valence-corrected chi connectivity index (χ1v) is 10.7. The molecule has 0 N–H and O–H groups in total. The van der Waals surface area contributed by atoms with Gasteiger partial charge in [-0.3, -0.25) is 9.59 Å². The lowest BCUT2D eigenvalue weighted by atomic mass is 9.74. The Morgan fingerprint density at radius 2 is 1.38 bits per heavy atom. The molecular formula is C22H38O2. The van der Waals surface area contributed by atoms with E-state index in [1.807, 2.05) is 0 Å². The molecule has 0 aromatic carbocycles. The standard InChI is InChI=1S/C22H38O2/c1-2-9-18-10-6-7-11-19(18)16-17-21(23)14-8-15-22(24)20-12-4-3-5-13-20/h18-20H,2-17H2,1H3. The molecule has 0 saturated heterocycles. The van der Waals surface area contributed by atoms with Crippen LogP contribution in [0.5, 0.6) is 0 Å². The fourth-order valence-corrected chi connectivity index (χ4v) is 4.98. The number of ketones is 2. The fraction of sp³-hybridized carbons (Fsp3) is 0.909. The van der Waals surface area contributed by atoms with Gasteiger partial charge in [-0.05, 0) is 37.5 Å². The van der Waals surface area contributed by atoms with E-state index in [4.69, 9.17) is 0 Å². The molecule has 2 aliphatic rings. The summed E-state index contributed by atoms with van der Waals surface area (Å²) in [6, 6.07) is 0. The highest BCUT2D eigenvalue weighted by molar-refractivity contribution is 5.82. The van der Waals surface area contributed by atoms with E-state index in [-0.39, 0.29) is 0 Å². The van der Waals surface area contributed by atoms with Crippen molar-refractivity contribution in [2.75, 3.05) is 0 Å². The van der Waals surface area contributed by atoms with Crippen LogP contribution >= 0.6 is 0 Å². The summed E-state index contributed by atoms with van der Waals surface area (Å²) >= 11 is 0. The average molecular weight is 335 g/mol. The number of hydrogen-bond acceptors (Lipinski definition) is 2. The number of carbonyl (C=O) groups excluding carboxylic acids is 2. The molecule has 2 heteroatoms. The van der Waals surface area contributed by atoms with Crippen molar-refractivity contribution in [3.8, 4) is 0 Å². The molecule has 2 fully saturated rings. The fourth-order valence-electron chi connectivity index (χ4n) is 4.98. The van der Waals surface area contributed by atoms with Gasteiger partial charge in [0.1, 0.15) is 11.6 Å². The molecule has 0 radical (unpaired) electrons. The minimum absolute atomic E-state index is 0.311. The van der Waals surface area contributed by atoms with Crippen molar-refractivity contribution in [3.05, 3.63) is 0 Å². The SMILES string of the molecule is CCCC1CCCCC1CCC(=O)CCCC(=O)C1CCCCC1. The molecule has 0 aromatic rings. The molecular weight excluding hydrogens is 296 g/mol. The maximum Gasteiger partial charge on any atom is 0.135 e. The molecule has 0 aliphatic heterocycles. The van der Waals surface area contributed by atoms with E-state index < -0.39 is 0 Å². The summed E-state index contributed by atoms with van der Waals surface area (Å²) in [5, 5.41) is 0. The number of hydrogen-bond donors (Lipinski definition) is 0. The lowest BCUT2D eigenvalue weighted by Crippen LogP contribution is -2.20. The van der Waals surface area contributed by atoms with Gasteiger partial charge >= 0.3 is 0 Å². The summed E-state index contributed by atoms with van der Waals surface area (Å²) < 4.78 is 0. The van der Waals surface area contributed by atoms with Gasteiger partial charge in [-0.1, -0.05) is 64.7 Å². The number of carbonyl (C=O) groups is 2. The molecule has 138 valence electrons. The van der Waals surface area contributed by atoms with Crippen LogP contribution in [0.3, 0.4) is 0 Å². The maximum absolute atomic E-state index is 12.2. The van der Waals surface area contributed by atoms with E-state index >= 15 is 0 Å². The van der Waals surface area contributed by atoms with Crippen LogP contribution in [-0.2, 0) is 9.59 Å². The first-order chi connectivity index (χ1) is 11.7. The van der Waals surface area contributed by atoms with Crippen molar-refractivity contribution in [2.24, 2.45) is 17.8 Å². The summed E-state index contributed by atoms with van der Waals surface area (Å²) in [5.74, 6) is 2.78. The Hall–Kier alpha value is -0.660. The zero-order valence-electron chi connectivity index (χ0n) is 15.9. The second-order valence-corrected chi connectivity index (χ2v) is 8.33. The van der Waals surface area contributed by atoms with Gasteiger partial charge in [0.2, 0.25) is 0 Å². The molecule has 2 unspecified atom stereocenters. The Labute approximate surface area is 149 Å². The van der Waals surface area contributed by atoms with Crippen molar-refractivity contribution in [3.63, 3.8) is 0 Å². The molecule has 2 nitrogen and oxygen atoms in total. The number of rotatable bonds is 10. The third-order valence-electron chi connectivity index (χ3n) is 6.46. The van der Waals surface area contributed by atoms with E-state index in [2.05, 4.69) is 6.92 Å². The quantitative estimate of drug-likeness (QED) is 0.472. The van der Waals surface area contributed by atoms with Gasteiger partial charge in [-0.25, -0.2) is 0 Å². The molecule has 2 saturated carbocycles. The van der Waals surface area contributed by atoms with Gasteiger partial charge in [-0.15, -0.1) is 0 Å². The van der Waals surface area contributed by atoms with E-state index in [0.717, 1.165) is 43.9 Å². The van der Waals surface area contributed by atoms with Crippen molar-refractivity contribution in [1.29, 1.82) is 0 Å². The van der Waals surface area contributed by atoms with Gasteiger partial charge in [-0.2, -0.15) is 0 Å². The highest BCUT2D eigenvalue weighted by atomic mass is 16.1. The van der Waals surface area contributed by atoms with E-state index in [9.17, 15) is 9.59 Å². The van der Waals surface area contributed by atoms with Crippen LogP contribution in [0.25, 0.3) is 0 Å². The van der Waals surface area contributed by atoms with Crippen LogP contribution in [-0.4, -0.2) is 11.6 Å². The van der Waals surface area contributed by atoms with Crippen molar-refractivity contribution >= 4 is 11.6 Å². The Morgan fingerprint density at radius 1 is 0.750 bits per heavy atom. The Morgan fingerprint density at radius 3 is 2.04 bits per heavy atom. The van der Waals surface area contributed by atoms with Gasteiger partial charge < -0.3 is 0 Å². The Balaban J connectivity index is 1.59.